The standard InChI is InChI=1S/C28H26N6O3S/c29-25-28(36)34(20-7-6-17-8-11-33(22(17)12-20)19-4-2-1-3-5-19)23-13-24(38-27(23)31-25)26(35)30-18-9-10-32(14-18)21-15-37-16-21/h1-8,11-13,18,21H,9-10,14-16H2,(H2,29,31)(H,30,35)/t18-/m1/s1. The zero-order chi connectivity index (χ0) is 25.8. The molecule has 3 aromatic heterocycles. The highest BCUT2D eigenvalue weighted by Crippen LogP contribution is 2.29. The molecule has 3 N–H and O–H groups in total. The molecule has 192 valence electrons. The molecule has 2 aliphatic rings. The van der Waals surface area contributed by atoms with E-state index < -0.39 is 5.56 Å². The predicted molar refractivity (Wildman–Crippen MR) is 149 cm³/mol. The van der Waals surface area contributed by atoms with Gasteiger partial charge in [0.15, 0.2) is 5.82 Å². The van der Waals surface area contributed by atoms with E-state index in [1.54, 1.807) is 10.6 Å². The van der Waals surface area contributed by atoms with Crippen molar-refractivity contribution >= 4 is 44.3 Å². The van der Waals surface area contributed by atoms with Gasteiger partial charge < -0.3 is 20.4 Å². The van der Waals surface area contributed by atoms with Gasteiger partial charge in [0, 0.05) is 36.4 Å². The van der Waals surface area contributed by atoms with E-state index in [-0.39, 0.29) is 17.8 Å². The SMILES string of the molecule is Nc1nc2sc(C(=O)N[C@@H]3CCN(C4COC4)C3)cc2n(-c2ccc3ccn(-c4ccccc4)c3c2)c1=O. The molecule has 2 aliphatic heterocycles. The number of benzene rings is 2. The van der Waals surface area contributed by atoms with E-state index in [2.05, 4.69) is 19.8 Å². The van der Waals surface area contributed by atoms with Crippen LogP contribution in [0.1, 0.15) is 16.1 Å². The number of nitrogens with zero attached hydrogens (tertiary/aromatic N) is 4. The number of para-hydroxylation sites is 1. The van der Waals surface area contributed by atoms with Crippen LogP contribution >= 0.6 is 11.3 Å². The van der Waals surface area contributed by atoms with Crippen LogP contribution in [-0.4, -0.2) is 63.3 Å². The lowest BCUT2D eigenvalue weighted by Gasteiger charge is -2.34. The topological polar surface area (TPSA) is 107 Å². The number of anilines is 1. The van der Waals surface area contributed by atoms with Crippen molar-refractivity contribution in [1.82, 2.24) is 24.3 Å². The molecule has 9 nitrogen and oxygen atoms in total. The fourth-order valence-corrected chi connectivity index (χ4v) is 6.29. The van der Waals surface area contributed by atoms with E-state index in [4.69, 9.17) is 10.5 Å². The minimum absolute atomic E-state index is 0.0849. The second-order valence-electron chi connectivity index (χ2n) is 9.85. The number of aromatic nitrogens is 3. The lowest BCUT2D eigenvalue weighted by molar-refractivity contribution is -0.0574. The molecule has 1 amide bonds. The quantitative estimate of drug-likeness (QED) is 0.364. The van der Waals surface area contributed by atoms with Gasteiger partial charge in [0.2, 0.25) is 0 Å². The molecule has 0 bridgehead atoms. The van der Waals surface area contributed by atoms with E-state index in [1.165, 1.54) is 11.3 Å². The zero-order valence-electron chi connectivity index (χ0n) is 20.5. The third-order valence-corrected chi connectivity index (χ3v) is 8.48. The summed E-state index contributed by atoms with van der Waals surface area (Å²) in [6, 6.07) is 20.2. The van der Waals surface area contributed by atoms with E-state index in [1.807, 2.05) is 60.8 Å². The molecular formula is C28H26N6O3S. The molecule has 5 heterocycles. The molecule has 7 rings (SSSR count). The van der Waals surface area contributed by atoms with Gasteiger partial charge >= 0.3 is 0 Å². The van der Waals surface area contributed by atoms with Crippen molar-refractivity contribution in [3.8, 4) is 11.4 Å². The van der Waals surface area contributed by atoms with Crippen LogP contribution in [0.5, 0.6) is 0 Å². The molecule has 2 fully saturated rings. The maximum atomic E-state index is 13.3. The first-order chi connectivity index (χ1) is 18.5. The van der Waals surface area contributed by atoms with Crippen molar-refractivity contribution in [2.75, 3.05) is 32.0 Å². The molecule has 0 aliphatic carbocycles. The number of rotatable bonds is 5. The Bertz CT molecular complexity index is 1740. The number of hydrogen-bond acceptors (Lipinski definition) is 7. The smallest absolute Gasteiger partial charge is 0.298 e. The molecule has 2 aromatic carbocycles. The van der Waals surface area contributed by atoms with Crippen molar-refractivity contribution in [3.63, 3.8) is 0 Å². The molecule has 0 spiro atoms. The van der Waals surface area contributed by atoms with Gasteiger partial charge in [0.1, 0.15) is 4.83 Å². The lowest BCUT2D eigenvalue weighted by atomic mass is 10.2. The fraction of sp³-hybridized carbons (Fsp3) is 0.250. The Morgan fingerprint density at radius 2 is 1.89 bits per heavy atom. The van der Waals surface area contributed by atoms with Crippen molar-refractivity contribution in [2.24, 2.45) is 0 Å². The van der Waals surface area contributed by atoms with Crippen LogP contribution in [0, 0.1) is 0 Å². The highest BCUT2D eigenvalue weighted by molar-refractivity contribution is 7.20. The summed E-state index contributed by atoms with van der Waals surface area (Å²) < 4.78 is 8.95. The number of carbonyl (C=O) groups excluding carboxylic acids is 1. The Morgan fingerprint density at radius 1 is 1.05 bits per heavy atom. The Hall–Kier alpha value is -3.99. The number of ether oxygens (including phenoxy) is 1. The number of amides is 1. The van der Waals surface area contributed by atoms with Gasteiger partial charge in [-0.25, -0.2) is 4.98 Å². The van der Waals surface area contributed by atoms with Crippen LogP contribution in [0.4, 0.5) is 5.82 Å². The first-order valence-electron chi connectivity index (χ1n) is 12.7. The maximum Gasteiger partial charge on any atom is 0.298 e. The number of nitrogen functional groups attached to an aromatic ring is 1. The van der Waals surface area contributed by atoms with Gasteiger partial charge in [-0.2, -0.15) is 0 Å². The van der Waals surface area contributed by atoms with Gasteiger partial charge in [0.05, 0.1) is 40.9 Å². The number of fused-ring (bicyclic) bond motifs is 2. The minimum atomic E-state index is -0.409. The van der Waals surface area contributed by atoms with Crippen molar-refractivity contribution in [1.29, 1.82) is 0 Å². The molecule has 1 atom stereocenters. The number of likely N-dealkylation sites (tertiary alicyclic amines) is 1. The molecule has 5 aromatic rings. The molecule has 2 saturated heterocycles. The van der Waals surface area contributed by atoms with Crippen LogP contribution < -0.4 is 16.6 Å². The monoisotopic (exact) mass is 526 g/mol. The molecular weight excluding hydrogens is 500 g/mol. The number of nitrogens with one attached hydrogen (secondary N) is 1. The number of thiophene rings is 1. The first kappa shape index (κ1) is 23.2. The zero-order valence-corrected chi connectivity index (χ0v) is 21.4. The summed E-state index contributed by atoms with van der Waals surface area (Å²) in [7, 11) is 0. The third-order valence-electron chi connectivity index (χ3n) is 7.46. The lowest BCUT2D eigenvalue weighted by Crippen LogP contribution is -2.49. The van der Waals surface area contributed by atoms with Crippen LogP contribution in [-0.2, 0) is 4.74 Å². The third kappa shape index (κ3) is 3.89. The predicted octanol–water partition coefficient (Wildman–Crippen LogP) is 3.18. The highest BCUT2D eigenvalue weighted by Gasteiger charge is 2.33. The Labute approximate surface area is 222 Å². The summed E-state index contributed by atoms with van der Waals surface area (Å²) in [6.07, 6.45) is 2.92. The van der Waals surface area contributed by atoms with Crippen LogP contribution in [0.15, 0.2) is 71.7 Å². The van der Waals surface area contributed by atoms with Crippen LogP contribution in [0.3, 0.4) is 0 Å². The summed E-state index contributed by atoms with van der Waals surface area (Å²) in [5.74, 6) is -0.255. The van der Waals surface area contributed by atoms with Crippen molar-refractivity contribution < 1.29 is 9.53 Å². The van der Waals surface area contributed by atoms with Gasteiger partial charge in [-0.05, 0) is 42.8 Å². The minimum Gasteiger partial charge on any atom is -0.379 e. The van der Waals surface area contributed by atoms with Crippen molar-refractivity contribution in [3.05, 3.63) is 82.1 Å². The van der Waals surface area contributed by atoms with Gasteiger partial charge in [-0.1, -0.05) is 24.3 Å². The summed E-state index contributed by atoms with van der Waals surface area (Å²) in [6.45, 7) is 3.31. The van der Waals surface area contributed by atoms with Crippen molar-refractivity contribution in [2.45, 2.75) is 18.5 Å². The van der Waals surface area contributed by atoms with Gasteiger partial charge in [0.25, 0.3) is 11.5 Å². The maximum absolute atomic E-state index is 13.3. The Balaban J connectivity index is 1.25. The van der Waals surface area contributed by atoms with E-state index >= 15 is 0 Å². The summed E-state index contributed by atoms with van der Waals surface area (Å²) in [4.78, 5) is 34.2. The Morgan fingerprint density at radius 3 is 2.68 bits per heavy atom. The van der Waals surface area contributed by atoms with Crippen LogP contribution in [0.2, 0.25) is 0 Å². The number of hydrogen-bond donors (Lipinski definition) is 2. The average molecular weight is 527 g/mol. The molecule has 0 radical (unpaired) electrons. The Kier molecular flexibility index (Phi) is 5.54. The van der Waals surface area contributed by atoms with Gasteiger partial charge in [-0.3, -0.25) is 19.1 Å². The number of nitrogens with two attached hydrogens (primary N) is 1. The summed E-state index contributed by atoms with van der Waals surface area (Å²) in [5, 5.41) is 4.21. The van der Waals surface area contributed by atoms with Gasteiger partial charge in [-0.15, -0.1) is 11.3 Å². The first-order valence-corrected chi connectivity index (χ1v) is 13.5. The summed E-state index contributed by atoms with van der Waals surface area (Å²) in [5.41, 5.74) is 8.86. The van der Waals surface area contributed by atoms with E-state index in [0.29, 0.717) is 27.0 Å². The number of carbonyl (C=O) groups is 1. The normalized spacial score (nSPS) is 18.3. The second-order valence-corrected chi connectivity index (χ2v) is 10.9. The highest BCUT2D eigenvalue weighted by atomic mass is 32.1. The van der Waals surface area contributed by atoms with E-state index in [9.17, 15) is 9.59 Å². The fourth-order valence-electron chi connectivity index (χ4n) is 5.36. The molecule has 38 heavy (non-hydrogen) atoms. The second kappa shape index (κ2) is 9.09. The largest absolute Gasteiger partial charge is 0.379 e. The molecule has 0 unspecified atom stereocenters. The molecule has 0 saturated carbocycles. The van der Waals surface area contributed by atoms with Crippen LogP contribution in [0.25, 0.3) is 32.6 Å². The summed E-state index contributed by atoms with van der Waals surface area (Å²) >= 11 is 1.25. The van der Waals surface area contributed by atoms with E-state index in [0.717, 1.165) is 49.3 Å². The average Bonchev–Trinajstić information content (AvgIpc) is 3.63. The molecule has 10 heteroatoms.